The summed E-state index contributed by atoms with van der Waals surface area (Å²) in [7, 11) is 0. The summed E-state index contributed by atoms with van der Waals surface area (Å²) in [5.41, 5.74) is 1.01. The molecule has 3 nitrogen and oxygen atoms in total. The molecule has 0 radical (unpaired) electrons. The Hall–Kier alpha value is -1.44. The minimum atomic E-state index is -0.464. The lowest BCUT2D eigenvalue weighted by Gasteiger charge is -2.20. The van der Waals surface area contributed by atoms with E-state index in [2.05, 4.69) is 12.2 Å². The van der Waals surface area contributed by atoms with Crippen LogP contribution in [0.4, 0.5) is 4.39 Å². The summed E-state index contributed by atoms with van der Waals surface area (Å²) in [6.07, 6.45) is 2.47. The SMILES string of the molecule is CC(NCc1ccc(F)c(C#N)c1)C1CCCO1. The first-order chi connectivity index (χ1) is 8.70. The van der Waals surface area contributed by atoms with E-state index in [9.17, 15) is 4.39 Å². The van der Waals surface area contributed by atoms with Crippen LogP contribution in [0.1, 0.15) is 30.9 Å². The molecule has 1 aromatic carbocycles. The molecule has 1 aliphatic rings. The average molecular weight is 248 g/mol. The van der Waals surface area contributed by atoms with Crippen LogP contribution in [-0.4, -0.2) is 18.8 Å². The molecule has 2 rings (SSSR count). The first-order valence-corrected chi connectivity index (χ1v) is 6.24. The third-order valence-electron chi connectivity index (χ3n) is 3.30. The largest absolute Gasteiger partial charge is 0.377 e. The van der Waals surface area contributed by atoms with Crippen LogP contribution in [-0.2, 0) is 11.3 Å². The zero-order valence-corrected chi connectivity index (χ0v) is 10.4. The van der Waals surface area contributed by atoms with Crippen LogP contribution < -0.4 is 5.32 Å². The van der Waals surface area contributed by atoms with Crippen molar-refractivity contribution in [3.63, 3.8) is 0 Å². The van der Waals surface area contributed by atoms with Crippen LogP contribution >= 0.6 is 0 Å². The number of hydrogen-bond donors (Lipinski definition) is 1. The highest BCUT2D eigenvalue weighted by Crippen LogP contribution is 2.16. The van der Waals surface area contributed by atoms with Gasteiger partial charge in [-0.15, -0.1) is 0 Å². The molecule has 4 heteroatoms. The molecule has 1 aliphatic heterocycles. The molecule has 1 fully saturated rings. The van der Waals surface area contributed by atoms with Gasteiger partial charge in [0.25, 0.3) is 0 Å². The van der Waals surface area contributed by atoms with E-state index in [1.807, 2.05) is 6.07 Å². The first-order valence-electron chi connectivity index (χ1n) is 6.24. The topological polar surface area (TPSA) is 45.0 Å². The molecule has 0 spiro atoms. The zero-order chi connectivity index (χ0) is 13.0. The molecule has 1 N–H and O–H groups in total. The molecule has 18 heavy (non-hydrogen) atoms. The molecule has 1 heterocycles. The molecule has 2 unspecified atom stereocenters. The van der Waals surface area contributed by atoms with E-state index in [0.717, 1.165) is 25.0 Å². The van der Waals surface area contributed by atoms with E-state index in [4.69, 9.17) is 10.00 Å². The van der Waals surface area contributed by atoms with Crippen molar-refractivity contribution in [1.82, 2.24) is 5.32 Å². The summed E-state index contributed by atoms with van der Waals surface area (Å²) in [5, 5.41) is 12.1. The fourth-order valence-corrected chi connectivity index (χ4v) is 2.18. The predicted molar refractivity (Wildman–Crippen MR) is 66.4 cm³/mol. The van der Waals surface area contributed by atoms with Crippen molar-refractivity contribution in [1.29, 1.82) is 5.26 Å². The van der Waals surface area contributed by atoms with Crippen molar-refractivity contribution in [2.75, 3.05) is 6.61 Å². The van der Waals surface area contributed by atoms with Crippen molar-refractivity contribution in [3.05, 3.63) is 35.1 Å². The van der Waals surface area contributed by atoms with Gasteiger partial charge < -0.3 is 10.1 Å². The van der Waals surface area contributed by atoms with Gasteiger partial charge in [0.2, 0.25) is 0 Å². The Morgan fingerprint density at radius 3 is 3.11 bits per heavy atom. The number of benzene rings is 1. The summed E-state index contributed by atoms with van der Waals surface area (Å²) in [4.78, 5) is 0. The molecule has 96 valence electrons. The number of ether oxygens (including phenoxy) is 1. The molecule has 0 bridgehead atoms. The van der Waals surface area contributed by atoms with Gasteiger partial charge in [-0.05, 0) is 37.5 Å². The van der Waals surface area contributed by atoms with Crippen LogP contribution in [0.25, 0.3) is 0 Å². The Labute approximate surface area is 107 Å². The highest BCUT2D eigenvalue weighted by atomic mass is 19.1. The van der Waals surface area contributed by atoms with Gasteiger partial charge in [0.05, 0.1) is 11.7 Å². The van der Waals surface area contributed by atoms with Gasteiger partial charge in [-0.3, -0.25) is 0 Å². The second-order valence-corrected chi connectivity index (χ2v) is 4.65. The smallest absolute Gasteiger partial charge is 0.140 e. The van der Waals surface area contributed by atoms with Gasteiger partial charge in [0.1, 0.15) is 11.9 Å². The number of nitrogens with one attached hydrogen (secondary N) is 1. The number of hydrogen-bond acceptors (Lipinski definition) is 3. The normalized spacial score (nSPS) is 20.6. The fourth-order valence-electron chi connectivity index (χ4n) is 2.18. The lowest BCUT2D eigenvalue weighted by atomic mass is 10.1. The Bertz CT molecular complexity index is 450. The highest BCUT2D eigenvalue weighted by molar-refractivity contribution is 5.34. The predicted octanol–water partition coefficient (Wildman–Crippen LogP) is 2.35. The molecular weight excluding hydrogens is 231 g/mol. The number of nitriles is 1. The molecule has 1 saturated heterocycles. The van der Waals surface area contributed by atoms with Crippen LogP contribution in [0.5, 0.6) is 0 Å². The standard InChI is InChI=1S/C14H17FN2O/c1-10(14-3-2-6-18-14)17-9-11-4-5-13(15)12(7-11)8-16/h4-5,7,10,14,17H,2-3,6,9H2,1H3. The molecule has 0 amide bonds. The Balaban J connectivity index is 1.91. The minimum absolute atomic E-state index is 0.0964. The van der Waals surface area contributed by atoms with Gasteiger partial charge >= 0.3 is 0 Å². The average Bonchev–Trinajstić information content (AvgIpc) is 2.91. The van der Waals surface area contributed by atoms with Crippen molar-refractivity contribution in [3.8, 4) is 6.07 Å². The van der Waals surface area contributed by atoms with Gasteiger partial charge in [0.15, 0.2) is 0 Å². The first kappa shape index (κ1) is 13.0. The van der Waals surface area contributed by atoms with E-state index in [1.54, 1.807) is 12.1 Å². The molecule has 0 saturated carbocycles. The van der Waals surface area contributed by atoms with E-state index in [-0.39, 0.29) is 17.7 Å². The molecule has 2 atom stereocenters. The van der Waals surface area contributed by atoms with E-state index >= 15 is 0 Å². The monoisotopic (exact) mass is 248 g/mol. The summed E-state index contributed by atoms with van der Waals surface area (Å²) in [6, 6.07) is 6.74. The van der Waals surface area contributed by atoms with Crippen LogP contribution in [0, 0.1) is 17.1 Å². The Morgan fingerprint density at radius 1 is 1.61 bits per heavy atom. The third-order valence-corrected chi connectivity index (χ3v) is 3.30. The van der Waals surface area contributed by atoms with Crippen molar-refractivity contribution in [2.24, 2.45) is 0 Å². The van der Waals surface area contributed by atoms with E-state index in [0.29, 0.717) is 6.54 Å². The van der Waals surface area contributed by atoms with Gasteiger partial charge in [-0.1, -0.05) is 6.07 Å². The second kappa shape index (κ2) is 5.94. The zero-order valence-electron chi connectivity index (χ0n) is 10.4. The summed E-state index contributed by atoms with van der Waals surface area (Å²) in [6.45, 7) is 3.55. The lowest BCUT2D eigenvalue weighted by molar-refractivity contribution is 0.0832. The van der Waals surface area contributed by atoms with E-state index < -0.39 is 5.82 Å². The van der Waals surface area contributed by atoms with Gasteiger partial charge in [-0.25, -0.2) is 4.39 Å². The Morgan fingerprint density at radius 2 is 2.44 bits per heavy atom. The van der Waals surface area contributed by atoms with Crippen molar-refractivity contribution >= 4 is 0 Å². The molecular formula is C14H17FN2O. The van der Waals surface area contributed by atoms with E-state index in [1.165, 1.54) is 6.07 Å². The molecule has 0 aliphatic carbocycles. The quantitative estimate of drug-likeness (QED) is 0.889. The molecule has 1 aromatic rings. The molecule has 0 aromatic heterocycles. The maximum atomic E-state index is 13.2. The maximum Gasteiger partial charge on any atom is 0.140 e. The number of rotatable bonds is 4. The number of nitrogens with zero attached hydrogens (tertiary/aromatic N) is 1. The van der Waals surface area contributed by atoms with Gasteiger partial charge in [-0.2, -0.15) is 5.26 Å². The lowest BCUT2D eigenvalue weighted by Crippen LogP contribution is -2.36. The fraction of sp³-hybridized carbons (Fsp3) is 0.500. The summed E-state index contributed by atoms with van der Waals surface area (Å²) < 4.78 is 18.7. The van der Waals surface area contributed by atoms with Crippen LogP contribution in [0.2, 0.25) is 0 Å². The highest BCUT2D eigenvalue weighted by Gasteiger charge is 2.21. The van der Waals surface area contributed by atoms with Crippen molar-refractivity contribution < 1.29 is 9.13 Å². The van der Waals surface area contributed by atoms with Crippen molar-refractivity contribution in [2.45, 2.75) is 38.5 Å². The third kappa shape index (κ3) is 3.06. The number of halogens is 1. The van der Waals surface area contributed by atoms with Crippen LogP contribution in [0.15, 0.2) is 18.2 Å². The van der Waals surface area contributed by atoms with Crippen LogP contribution in [0.3, 0.4) is 0 Å². The minimum Gasteiger partial charge on any atom is -0.377 e. The summed E-state index contributed by atoms with van der Waals surface area (Å²) >= 11 is 0. The second-order valence-electron chi connectivity index (χ2n) is 4.65. The Kier molecular flexibility index (Phi) is 4.29. The van der Waals surface area contributed by atoms with Gasteiger partial charge in [0, 0.05) is 19.2 Å². The summed E-state index contributed by atoms with van der Waals surface area (Å²) in [5.74, 6) is -0.464. The maximum absolute atomic E-state index is 13.2.